The second-order valence-corrected chi connectivity index (χ2v) is 3.40. The maximum atomic E-state index is 10.00. The summed E-state index contributed by atoms with van der Waals surface area (Å²) in [5, 5.41) is 5.75. The van der Waals surface area contributed by atoms with Gasteiger partial charge in [-0.3, -0.25) is 0 Å². The average Bonchev–Trinajstić information content (AvgIpc) is 2.39. The Morgan fingerprint density at radius 1 is 1.18 bits per heavy atom. The van der Waals surface area contributed by atoms with Crippen molar-refractivity contribution in [2.75, 3.05) is 14.1 Å². The molecule has 0 aliphatic heterocycles. The lowest BCUT2D eigenvalue weighted by molar-refractivity contribution is -0.112. The molecule has 0 saturated carbocycles. The Morgan fingerprint density at radius 3 is 1.71 bits per heavy atom. The zero-order chi connectivity index (χ0) is 14.3. The molecule has 100 valence electrons. The van der Waals surface area contributed by atoms with Crippen molar-refractivity contribution < 1.29 is 4.79 Å². The molecular weight excluding hydrogens is 212 g/mol. The van der Waals surface area contributed by atoms with E-state index < -0.39 is 0 Å². The van der Waals surface area contributed by atoms with Gasteiger partial charge in [-0.2, -0.15) is 0 Å². The van der Waals surface area contributed by atoms with E-state index in [0.717, 1.165) is 12.0 Å². The number of carbonyl (C=O) groups is 1. The number of allylic oxidation sites excluding steroid dienone is 3. The number of nitrogens with one attached hydrogen (secondary N) is 2. The zero-order valence-corrected chi connectivity index (χ0v) is 12.1. The highest BCUT2D eigenvalue weighted by atomic mass is 16.1. The molecule has 0 fully saturated rings. The molecule has 0 amide bonds. The van der Waals surface area contributed by atoms with Crippen LogP contribution in [0.5, 0.6) is 0 Å². The highest BCUT2D eigenvalue weighted by molar-refractivity contribution is 5.62. The number of rotatable bonds is 5. The summed E-state index contributed by atoms with van der Waals surface area (Å²) in [5.41, 5.74) is 0.639. The zero-order valence-electron chi connectivity index (χ0n) is 12.1. The molecule has 0 aromatic rings. The molecule has 0 unspecified atom stereocenters. The van der Waals surface area contributed by atoms with Gasteiger partial charge in [0.25, 0.3) is 0 Å². The van der Waals surface area contributed by atoms with Gasteiger partial charge < -0.3 is 15.4 Å². The Morgan fingerprint density at radius 2 is 1.65 bits per heavy atom. The molecule has 3 heteroatoms. The molecule has 0 radical (unpaired) electrons. The predicted molar refractivity (Wildman–Crippen MR) is 78.1 cm³/mol. The van der Waals surface area contributed by atoms with Crippen LogP contribution in [0.25, 0.3) is 0 Å². The Hall–Kier alpha value is -1.35. The maximum Gasteiger partial charge on any atom is 0.139 e. The maximum absolute atomic E-state index is 10.00. The van der Waals surface area contributed by atoms with Crippen molar-refractivity contribution in [3.63, 3.8) is 0 Å². The van der Waals surface area contributed by atoms with Crippen LogP contribution in [0.2, 0.25) is 0 Å². The van der Waals surface area contributed by atoms with Gasteiger partial charge in [0.05, 0.1) is 5.54 Å². The minimum atomic E-state index is -0.347. The van der Waals surface area contributed by atoms with Crippen molar-refractivity contribution in [1.29, 1.82) is 0 Å². The molecule has 0 saturated heterocycles. The van der Waals surface area contributed by atoms with Crippen LogP contribution in [0, 0.1) is 0 Å². The molecule has 3 nitrogen and oxygen atoms in total. The Labute approximate surface area is 107 Å². The van der Waals surface area contributed by atoms with Crippen LogP contribution >= 0.6 is 0 Å². The van der Waals surface area contributed by atoms with E-state index in [1.165, 1.54) is 0 Å². The second kappa shape index (κ2) is 14.6. The van der Waals surface area contributed by atoms with Gasteiger partial charge in [0.2, 0.25) is 0 Å². The van der Waals surface area contributed by atoms with Gasteiger partial charge in [-0.15, -0.1) is 0 Å². The van der Waals surface area contributed by atoms with E-state index in [4.69, 9.17) is 0 Å². The smallest absolute Gasteiger partial charge is 0.139 e. The third-order valence-corrected chi connectivity index (χ3v) is 1.74. The van der Waals surface area contributed by atoms with Gasteiger partial charge in [-0.05, 0) is 33.0 Å². The van der Waals surface area contributed by atoms with E-state index in [9.17, 15) is 4.79 Å². The third-order valence-electron chi connectivity index (χ3n) is 1.74. The largest absolute Gasteiger partial charge is 0.388 e. The first-order chi connectivity index (χ1) is 7.97. The van der Waals surface area contributed by atoms with Gasteiger partial charge in [0, 0.05) is 12.7 Å². The van der Waals surface area contributed by atoms with Crippen LogP contribution in [0.1, 0.15) is 27.7 Å². The summed E-state index contributed by atoms with van der Waals surface area (Å²) in [7, 11) is 3.60. The molecule has 0 rings (SSSR count). The van der Waals surface area contributed by atoms with Crippen molar-refractivity contribution >= 4 is 6.29 Å². The first-order valence-electron chi connectivity index (χ1n) is 5.75. The predicted octanol–water partition coefficient (Wildman–Crippen LogP) is 2.67. The van der Waals surface area contributed by atoms with Crippen molar-refractivity contribution in [2.45, 2.75) is 33.2 Å². The number of carbonyl (C=O) groups excluding carboxylic acids is 1. The van der Waals surface area contributed by atoms with Crippen molar-refractivity contribution in [3.05, 3.63) is 37.1 Å². The first kappa shape index (κ1) is 21.0. The molecular formula is C14H28N2O. The topological polar surface area (TPSA) is 41.1 Å². The van der Waals surface area contributed by atoms with Gasteiger partial charge in [0.15, 0.2) is 0 Å². The van der Waals surface area contributed by atoms with Crippen LogP contribution in [0.3, 0.4) is 0 Å². The third kappa shape index (κ3) is 17.3. The standard InChI is InChI=1S/C7H11N.C5H11NO.C2H6/c1-4-6-7(5-2)8-3;1-5(2,4-7)6-3;1-2/h4-6,8H,1-2H2,3H3;4,6H,1-3H3;1-2H3/b7-6+;;. The molecule has 0 spiro atoms. The van der Waals surface area contributed by atoms with Gasteiger partial charge in [-0.1, -0.05) is 33.1 Å². The highest BCUT2D eigenvalue weighted by Gasteiger charge is 2.10. The molecule has 0 atom stereocenters. The summed E-state index contributed by atoms with van der Waals surface area (Å²) in [5.74, 6) is 0. The lowest BCUT2D eigenvalue weighted by Gasteiger charge is -2.13. The second-order valence-electron chi connectivity index (χ2n) is 3.40. The average molecular weight is 240 g/mol. The number of likely N-dealkylation sites (N-methyl/N-ethyl adjacent to an activating group) is 2. The number of hydrogen-bond acceptors (Lipinski definition) is 3. The molecule has 2 N–H and O–H groups in total. The summed E-state index contributed by atoms with van der Waals surface area (Å²) in [6.07, 6.45) is 6.19. The van der Waals surface area contributed by atoms with Crippen molar-refractivity contribution in [3.8, 4) is 0 Å². The monoisotopic (exact) mass is 240 g/mol. The minimum absolute atomic E-state index is 0.347. The quantitative estimate of drug-likeness (QED) is 0.573. The van der Waals surface area contributed by atoms with Gasteiger partial charge in [0.1, 0.15) is 6.29 Å². The van der Waals surface area contributed by atoms with Crippen molar-refractivity contribution in [2.24, 2.45) is 0 Å². The summed E-state index contributed by atoms with van der Waals surface area (Å²) in [6, 6.07) is 0. The van der Waals surface area contributed by atoms with Crippen LogP contribution < -0.4 is 10.6 Å². The van der Waals surface area contributed by atoms with E-state index in [2.05, 4.69) is 23.8 Å². The molecule has 0 aromatic heterocycles. The van der Waals surface area contributed by atoms with Gasteiger partial charge >= 0.3 is 0 Å². The van der Waals surface area contributed by atoms with Crippen LogP contribution in [0.15, 0.2) is 37.1 Å². The van der Waals surface area contributed by atoms with E-state index in [-0.39, 0.29) is 5.54 Å². The van der Waals surface area contributed by atoms with Crippen LogP contribution in [-0.4, -0.2) is 25.9 Å². The normalized spacial score (nSPS) is 9.88. The summed E-state index contributed by atoms with van der Waals surface area (Å²) in [4.78, 5) is 10.00. The minimum Gasteiger partial charge on any atom is -0.388 e. The van der Waals surface area contributed by atoms with E-state index in [1.54, 1.807) is 19.2 Å². The molecule has 0 aliphatic rings. The van der Waals surface area contributed by atoms with Crippen LogP contribution in [0.4, 0.5) is 0 Å². The number of aldehydes is 1. The fraction of sp³-hybridized carbons (Fsp3) is 0.500. The first-order valence-corrected chi connectivity index (χ1v) is 5.75. The molecule has 0 heterocycles. The summed E-state index contributed by atoms with van der Waals surface area (Å²) in [6.45, 7) is 14.7. The molecule has 0 aliphatic carbocycles. The van der Waals surface area contributed by atoms with Crippen LogP contribution in [-0.2, 0) is 4.79 Å². The Kier molecular flexibility index (Phi) is 18.1. The lowest BCUT2D eigenvalue weighted by Crippen LogP contribution is -2.37. The molecule has 0 bridgehead atoms. The van der Waals surface area contributed by atoms with Gasteiger partial charge in [-0.25, -0.2) is 0 Å². The summed E-state index contributed by atoms with van der Waals surface area (Å²) >= 11 is 0. The van der Waals surface area contributed by atoms with E-state index >= 15 is 0 Å². The van der Waals surface area contributed by atoms with Crippen molar-refractivity contribution in [1.82, 2.24) is 10.6 Å². The lowest BCUT2D eigenvalue weighted by atomic mass is 10.1. The Bertz CT molecular complexity index is 230. The SMILES string of the molecule is C=C/C=C(\C=C)NC.CC.CNC(C)(C)C=O. The van der Waals surface area contributed by atoms with E-state index in [1.807, 2.05) is 40.8 Å². The highest BCUT2D eigenvalue weighted by Crippen LogP contribution is 1.91. The number of hydrogen-bond donors (Lipinski definition) is 2. The fourth-order valence-corrected chi connectivity index (χ4v) is 0.439. The molecule has 0 aromatic carbocycles. The summed E-state index contributed by atoms with van der Waals surface area (Å²) < 4.78 is 0. The Balaban J connectivity index is -0.000000202. The fourth-order valence-electron chi connectivity index (χ4n) is 0.439. The molecule has 17 heavy (non-hydrogen) atoms. The van der Waals surface area contributed by atoms with E-state index in [0.29, 0.717) is 0 Å².